The van der Waals surface area contributed by atoms with Gasteiger partial charge in [0.1, 0.15) is 0 Å². The number of ketones is 1. The lowest BCUT2D eigenvalue weighted by Crippen LogP contribution is -2.37. The second-order valence-electron chi connectivity index (χ2n) is 9.11. The summed E-state index contributed by atoms with van der Waals surface area (Å²) in [4.78, 5) is 52.0. The monoisotopic (exact) mass is 587 g/mol. The number of carbonyl (C=O) groups is 4. The number of ether oxygens (including phenoxy) is 1. The van der Waals surface area contributed by atoms with Crippen molar-refractivity contribution >= 4 is 55.4 Å². The molecule has 2 amide bonds. The van der Waals surface area contributed by atoms with Crippen LogP contribution in [0.3, 0.4) is 0 Å². The molecule has 3 fully saturated rings. The fourth-order valence-corrected chi connectivity index (χ4v) is 7.49. The highest BCUT2D eigenvalue weighted by Gasteiger charge is 2.66. The summed E-state index contributed by atoms with van der Waals surface area (Å²) in [5.74, 6) is -1.61. The zero-order valence-electron chi connectivity index (χ0n) is 18.2. The van der Waals surface area contributed by atoms with Crippen molar-refractivity contribution in [3.8, 4) is 11.1 Å². The summed E-state index contributed by atoms with van der Waals surface area (Å²) in [7, 11) is 0. The fraction of sp³-hybridized carbons (Fsp3) is 0.385. The summed E-state index contributed by atoms with van der Waals surface area (Å²) in [5.41, 5.74) is 2.49. The van der Waals surface area contributed by atoms with Gasteiger partial charge in [0.15, 0.2) is 12.4 Å². The van der Waals surface area contributed by atoms with Crippen molar-refractivity contribution in [1.29, 1.82) is 0 Å². The standard InChI is InChI=1S/C26H23Br2NO5/c27-23-17-12-18(24(23)28)22-21(17)25(32)29(26(22)33)11-10-20(31)34-13-19(30)16-8-6-15(7-9-16)14-4-2-1-3-5-14/h1-9,17-18,21-24H,10-13H2/t17-,18-,21-,22-,23-,24+/m1/s1. The summed E-state index contributed by atoms with van der Waals surface area (Å²) < 4.78 is 5.13. The first-order valence-electron chi connectivity index (χ1n) is 11.3. The number of hydrogen-bond acceptors (Lipinski definition) is 5. The van der Waals surface area contributed by atoms with E-state index < -0.39 is 5.97 Å². The highest BCUT2D eigenvalue weighted by atomic mass is 79.9. The number of fused-ring (bicyclic) bond motifs is 5. The van der Waals surface area contributed by atoms with Crippen molar-refractivity contribution < 1.29 is 23.9 Å². The fourth-order valence-electron chi connectivity index (χ4n) is 5.61. The van der Waals surface area contributed by atoms with Gasteiger partial charge >= 0.3 is 5.97 Å². The lowest BCUT2D eigenvalue weighted by atomic mass is 9.81. The van der Waals surface area contributed by atoms with Crippen LogP contribution < -0.4 is 0 Å². The highest BCUT2D eigenvalue weighted by Crippen LogP contribution is 2.60. The number of likely N-dealkylation sites (tertiary alicyclic amines) is 1. The molecule has 6 nitrogen and oxygen atoms in total. The summed E-state index contributed by atoms with van der Waals surface area (Å²) in [5, 5.41) is 0. The predicted octanol–water partition coefficient (Wildman–Crippen LogP) is 4.25. The average molecular weight is 589 g/mol. The molecular weight excluding hydrogens is 566 g/mol. The summed E-state index contributed by atoms with van der Waals surface area (Å²) >= 11 is 7.32. The molecule has 2 saturated carbocycles. The van der Waals surface area contributed by atoms with Gasteiger partial charge < -0.3 is 4.74 Å². The van der Waals surface area contributed by atoms with Gasteiger partial charge in [0, 0.05) is 21.8 Å². The molecule has 1 aliphatic heterocycles. The van der Waals surface area contributed by atoms with Crippen molar-refractivity contribution in [2.75, 3.05) is 13.2 Å². The second kappa shape index (κ2) is 9.38. The topological polar surface area (TPSA) is 80.8 Å². The summed E-state index contributed by atoms with van der Waals surface area (Å²) in [6.45, 7) is -0.389. The number of imide groups is 1. The van der Waals surface area contributed by atoms with Gasteiger partial charge in [0.2, 0.25) is 11.8 Å². The third-order valence-electron chi connectivity index (χ3n) is 7.30. The first kappa shape index (κ1) is 23.4. The maximum atomic E-state index is 12.9. The molecule has 5 rings (SSSR count). The molecule has 0 unspecified atom stereocenters. The molecule has 2 bridgehead atoms. The van der Waals surface area contributed by atoms with E-state index in [2.05, 4.69) is 31.9 Å². The Balaban J connectivity index is 1.12. The molecular formula is C26H23Br2NO5. The maximum Gasteiger partial charge on any atom is 0.308 e. The lowest BCUT2D eigenvalue weighted by molar-refractivity contribution is -0.145. The Morgan fingerprint density at radius 1 is 0.853 bits per heavy atom. The average Bonchev–Trinajstić information content (AvgIpc) is 3.47. The number of nitrogens with zero attached hydrogens (tertiary/aromatic N) is 1. The Labute approximate surface area is 214 Å². The van der Waals surface area contributed by atoms with Crippen LogP contribution in [-0.2, 0) is 19.1 Å². The van der Waals surface area contributed by atoms with Gasteiger partial charge in [0.25, 0.3) is 0 Å². The Kier molecular flexibility index (Phi) is 6.46. The minimum atomic E-state index is -0.605. The Hall–Kier alpha value is -2.32. The van der Waals surface area contributed by atoms with Crippen molar-refractivity contribution in [3.05, 3.63) is 60.2 Å². The summed E-state index contributed by atoms with van der Waals surface area (Å²) in [6, 6.07) is 16.9. The first-order chi connectivity index (χ1) is 16.4. The number of Topliss-reactive ketones (excluding diaryl/α,β-unsaturated/α-hetero) is 1. The Morgan fingerprint density at radius 3 is 2.00 bits per heavy atom. The van der Waals surface area contributed by atoms with E-state index in [1.807, 2.05) is 42.5 Å². The molecule has 6 atom stereocenters. The van der Waals surface area contributed by atoms with E-state index in [1.54, 1.807) is 12.1 Å². The van der Waals surface area contributed by atoms with E-state index in [1.165, 1.54) is 4.90 Å². The van der Waals surface area contributed by atoms with E-state index in [0.717, 1.165) is 17.5 Å². The van der Waals surface area contributed by atoms with Gasteiger partial charge in [-0.2, -0.15) is 0 Å². The largest absolute Gasteiger partial charge is 0.457 e. The number of carbonyl (C=O) groups excluding carboxylic acids is 4. The van der Waals surface area contributed by atoms with Crippen LogP contribution in [0.25, 0.3) is 11.1 Å². The van der Waals surface area contributed by atoms with E-state index in [9.17, 15) is 19.2 Å². The van der Waals surface area contributed by atoms with Crippen molar-refractivity contribution in [1.82, 2.24) is 4.90 Å². The van der Waals surface area contributed by atoms with Crippen molar-refractivity contribution in [3.63, 3.8) is 0 Å². The SMILES string of the molecule is O=C(CCN1C(=O)[C@@H]2[C@H]3C[C@@H]([C@@H](Br)[C@H]3Br)[C@H]2C1=O)OCC(=O)c1ccc(-c2ccccc2)cc1. The molecule has 34 heavy (non-hydrogen) atoms. The minimum Gasteiger partial charge on any atom is -0.457 e. The molecule has 2 aromatic rings. The van der Waals surface area contributed by atoms with Crippen molar-refractivity contribution in [2.24, 2.45) is 23.7 Å². The Morgan fingerprint density at radius 2 is 1.41 bits per heavy atom. The van der Waals surface area contributed by atoms with Crippen LogP contribution in [-0.4, -0.2) is 51.3 Å². The molecule has 0 spiro atoms. The molecule has 8 heteroatoms. The molecule has 1 saturated heterocycles. The van der Waals surface area contributed by atoms with Gasteiger partial charge in [-0.25, -0.2) is 0 Å². The van der Waals surface area contributed by atoms with Crippen LogP contribution in [0.5, 0.6) is 0 Å². The number of esters is 1. The summed E-state index contributed by atoms with van der Waals surface area (Å²) in [6.07, 6.45) is 0.741. The van der Waals surface area contributed by atoms with Crippen LogP contribution in [0.4, 0.5) is 0 Å². The van der Waals surface area contributed by atoms with Gasteiger partial charge in [0.05, 0.1) is 18.3 Å². The highest BCUT2D eigenvalue weighted by molar-refractivity contribution is 9.12. The third-order valence-corrected chi connectivity index (χ3v) is 10.5. The molecule has 0 radical (unpaired) electrons. The second-order valence-corrected chi connectivity index (χ2v) is 11.2. The molecule has 2 aliphatic carbocycles. The number of halogens is 2. The van der Waals surface area contributed by atoms with Gasteiger partial charge in [-0.1, -0.05) is 86.5 Å². The molecule has 0 aromatic heterocycles. The number of rotatable bonds is 7. The number of amides is 2. The quantitative estimate of drug-likeness (QED) is 0.209. The molecule has 0 N–H and O–H groups in total. The zero-order chi connectivity index (χ0) is 24.0. The van der Waals surface area contributed by atoms with Gasteiger partial charge in [-0.3, -0.25) is 24.1 Å². The van der Waals surface area contributed by atoms with Crippen LogP contribution in [0, 0.1) is 23.7 Å². The molecule has 176 valence electrons. The molecule has 2 aromatic carbocycles. The van der Waals surface area contributed by atoms with Crippen molar-refractivity contribution in [2.45, 2.75) is 22.5 Å². The smallest absolute Gasteiger partial charge is 0.308 e. The lowest BCUT2D eigenvalue weighted by Gasteiger charge is -2.28. The Bertz CT molecular complexity index is 1100. The van der Waals surface area contributed by atoms with E-state index in [4.69, 9.17) is 4.74 Å². The van der Waals surface area contributed by atoms with Gasteiger partial charge in [-0.15, -0.1) is 0 Å². The van der Waals surface area contributed by atoms with Gasteiger partial charge in [-0.05, 0) is 29.4 Å². The number of hydrogen-bond donors (Lipinski definition) is 0. The van der Waals surface area contributed by atoms with E-state index in [-0.39, 0.29) is 70.5 Å². The predicted molar refractivity (Wildman–Crippen MR) is 133 cm³/mol. The van der Waals surface area contributed by atoms with E-state index in [0.29, 0.717) is 5.56 Å². The van der Waals surface area contributed by atoms with E-state index >= 15 is 0 Å². The normalized spacial score (nSPS) is 29.4. The maximum absolute atomic E-state index is 12.9. The van der Waals surface area contributed by atoms with Crippen LogP contribution in [0.2, 0.25) is 0 Å². The van der Waals surface area contributed by atoms with Crippen LogP contribution in [0.1, 0.15) is 23.2 Å². The number of alkyl halides is 2. The third kappa shape index (κ3) is 4.05. The number of benzene rings is 2. The first-order valence-corrected chi connectivity index (χ1v) is 13.2. The molecule has 3 aliphatic rings. The van der Waals surface area contributed by atoms with Crippen LogP contribution in [0.15, 0.2) is 54.6 Å². The van der Waals surface area contributed by atoms with Crippen LogP contribution >= 0.6 is 31.9 Å². The molecule has 1 heterocycles. The minimum absolute atomic E-state index is 0.0111. The zero-order valence-corrected chi connectivity index (χ0v) is 21.4.